The van der Waals surface area contributed by atoms with Gasteiger partial charge in [-0.3, -0.25) is 9.52 Å². The number of hydrogen-bond acceptors (Lipinski definition) is 5. The van der Waals surface area contributed by atoms with Crippen LogP contribution in [0.2, 0.25) is 5.02 Å². The van der Waals surface area contributed by atoms with Crippen LogP contribution >= 0.6 is 23.5 Å². The number of fused-ring (bicyclic) bond motifs is 4. The van der Waals surface area contributed by atoms with Crippen molar-refractivity contribution in [2.45, 2.75) is 76.1 Å². The Labute approximate surface area is 260 Å². The van der Waals surface area contributed by atoms with Crippen LogP contribution in [0.25, 0.3) is 0 Å². The fourth-order valence-corrected chi connectivity index (χ4v) is 9.01. The molecule has 1 spiro atoms. The minimum Gasteiger partial charge on any atom is -0.490 e. The summed E-state index contributed by atoms with van der Waals surface area (Å²) in [4.78, 5) is 16.1. The van der Waals surface area contributed by atoms with Gasteiger partial charge < -0.3 is 14.4 Å². The van der Waals surface area contributed by atoms with E-state index in [-0.39, 0.29) is 17.4 Å². The van der Waals surface area contributed by atoms with Gasteiger partial charge in [-0.2, -0.15) is 0 Å². The van der Waals surface area contributed by atoms with E-state index in [1.54, 1.807) is 11.9 Å². The molecule has 1 fully saturated rings. The number of methoxy groups -OCH3 is 1. The third-order valence-corrected chi connectivity index (χ3v) is 12.1. The number of rotatable bonds is 2. The summed E-state index contributed by atoms with van der Waals surface area (Å²) in [6.07, 6.45) is 11.3. The quantitative estimate of drug-likeness (QED) is 0.278. The molecule has 7 heteroatoms. The van der Waals surface area contributed by atoms with E-state index in [9.17, 15) is 4.79 Å². The molecule has 1 amide bonds. The van der Waals surface area contributed by atoms with Gasteiger partial charge in [0.05, 0.1) is 18.4 Å². The van der Waals surface area contributed by atoms with E-state index in [4.69, 9.17) is 21.1 Å². The van der Waals surface area contributed by atoms with Crippen molar-refractivity contribution >= 4 is 35.1 Å². The van der Waals surface area contributed by atoms with Crippen molar-refractivity contribution in [2.75, 3.05) is 31.7 Å². The van der Waals surface area contributed by atoms with Crippen LogP contribution in [0.5, 0.6) is 5.75 Å². The summed E-state index contributed by atoms with van der Waals surface area (Å²) in [6.45, 7) is 9.17. The molecule has 0 saturated heterocycles. The Balaban J connectivity index is 1.39. The fraction of sp³-hybridized carbons (Fsp3) is 0.571. The highest BCUT2D eigenvalue weighted by Crippen LogP contribution is 2.47. The topological polar surface area (TPSA) is 50.8 Å². The number of benzene rings is 2. The molecule has 1 N–H and O–H groups in total. The Hall–Kier alpha value is -2.15. The molecule has 2 aromatic rings. The summed E-state index contributed by atoms with van der Waals surface area (Å²) >= 11 is 8.01. The molecule has 2 heterocycles. The van der Waals surface area contributed by atoms with Gasteiger partial charge in [-0.25, -0.2) is 0 Å². The highest BCUT2D eigenvalue weighted by atomic mass is 35.5. The Morgan fingerprint density at radius 2 is 2.05 bits per heavy atom. The lowest BCUT2D eigenvalue weighted by molar-refractivity contribution is 0.0131. The Bertz CT molecular complexity index is 1330. The van der Waals surface area contributed by atoms with E-state index in [1.165, 1.54) is 24.0 Å². The summed E-state index contributed by atoms with van der Waals surface area (Å²) in [5, 5.41) is 1.11. The number of ether oxygens (including phenoxy) is 2. The van der Waals surface area contributed by atoms with Gasteiger partial charge in [0.25, 0.3) is 5.91 Å². The summed E-state index contributed by atoms with van der Waals surface area (Å²) in [5.41, 5.74) is 4.29. The summed E-state index contributed by atoms with van der Waals surface area (Å²) < 4.78 is 16.0. The lowest BCUT2D eigenvalue weighted by Gasteiger charge is -2.46. The zero-order valence-corrected chi connectivity index (χ0v) is 27.0. The first kappa shape index (κ1) is 29.9. The van der Waals surface area contributed by atoms with Crippen LogP contribution in [-0.2, 0) is 16.6 Å². The zero-order chi connectivity index (χ0) is 29.4. The Morgan fingerprint density at radius 1 is 1.19 bits per heavy atom. The maximum Gasteiger partial charge on any atom is 0.261 e. The zero-order valence-electron chi connectivity index (χ0n) is 25.4. The molecular weight excluding hydrogens is 564 g/mol. The molecule has 5 nitrogen and oxygen atoms in total. The highest BCUT2D eigenvalue weighted by Gasteiger charge is 2.44. The van der Waals surface area contributed by atoms with Crippen molar-refractivity contribution in [3.05, 3.63) is 70.3 Å². The van der Waals surface area contributed by atoms with Crippen LogP contribution in [-0.4, -0.2) is 44.1 Å². The van der Waals surface area contributed by atoms with Crippen molar-refractivity contribution in [3.63, 3.8) is 0 Å². The van der Waals surface area contributed by atoms with E-state index in [0.717, 1.165) is 55.2 Å². The molecule has 2 bridgehead atoms. The van der Waals surface area contributed by atoms with Crippen molar-refractivity contribution < 1.29 is 14.3 Å². The van der Waals surface area contributed by atoms with Gasteiger partial charge in [-0.1, -0.05) is 50.6 Å². The number of hydrogen-bond donors (Lipinski definition) is 1. The molecule has 2 aliphatic carbocycles. The average Bonchev–Trinajstić information content (AvgIpc) is 3.10. The molecular formula is C35H45ClN2O3S. The molecule has 0 radical (unpaired) electrons. The van der Waals surface area contributed by atoms with Crippen molar-refractivity contribution in [1.29, 1.82) is 0 Å². The number of allylic oxidation sites excluding steroid dienone is 1. The predicted octanol–water partition coefficient (Wildman–Crippen LogP) is 7.85. The summed E-state index contributed by atoms with van der Waals surface area (Å²) in [7, 11) is 1.86. The minimum absolute atomic E-state index is 0.0409. The third-order valence-electron chi connectivity index (χ3n) is 10.3. The molecule has 1 saturated carbocycles. The Morgan fingerprint density at radius 3 is 2.81 bits per heavy atom. The van der Waals surface area contributed by atoms with Gasteiger partial charge in [-0.05, 0) is 116 Å². The molecule has 0 unspecified atom stereocenters. The highest BCUT2D eigenvalue weighted by molar-refractivity contribution is 7.98. The van der Waals surface area contributed by atoms with Crippen molar-refractivity contribution in [3.8, 4) is 5.75 Å². The van der Waals surface area contributed by atoms with Crippen LogP contribution in [0, 0.1) is 23.7 Å². The molecule has 42 heavy (non-hydrogen) atoms. The Kier molecular flexibility index (Phi) is 8.87. The van der Waals surface area contributed by atoms with E-state index < -0.39 is 0 Å². The lowest BCUT2D eigenvalue weighted by Crippen LogP contribution is -2.49. The predicted molar refractivity (Wildman–Crippen MR) is 174 cm³/mol. The number of carbonyl (C=O) groups excluding carboxylic acids is 1. The SMILES string of the molecule is CO[C@H]1/C=C\C[C@@H](C)[C@H](C(C)C)SNC(=O)c2ccc3c(c2)N(C[C@@H]2CC[C@H]21)C[C@@]1(CCCc2cc(Cl)ccc21)CO3. The second-order valence-corrected chi connectivity index (χ2v) is 14.8. The molecule has 2 aliphatic heterocycles. The van der Waals surface area contributed by atoms with Gasteiger partial charge in [-0.15, -0.1) is 0 Å². The van der Waals surface area contributed by atoms with Gasteiger partial charge in [0.2, 0.25) is 0 Å². The number of halogens is 1. The minimum atomic E-state index is -0.128. The number of nitrogens with zero attached hydrogens (tertiary/aromatic N) is 1. The van der Waals surface area contributed by atoms with Gasteiger partial charge in [0.1, 0.15) is 5.75 Å². The fourth-order valence-electron chi connectivity index (χ4n) is 7.84. The molecule has 4 aliphatic rings. The number of anilines is 1. The normalized spacial score (nSPS) is 32.2. The smallest absolute Gasteiger partial charge is 0.261 e. The first-order valence-corrected chi connectivity index (χ1v) is 17.0. The van der Waals surface area contributed by atoms with E-state index in [0.29, 0.717) is 41.1 Å². The molecule has 6 atom stereocenters. The standard InChI is InChI=1S/C35H45ClN2O3S/c1-22(2)33-23(3)7-5-9-31(40-4)28-13-10-26(28)19-38-20-35(16-6-8-24-17-27(36)12-14-29(24)35)21-41-32-15-11-25(18-30(32)38)34(39)37-42-33/h5,9,11-12,14-15,17-18,22-23,26,28,31,33H,6-8,10,13,16,19-21H2,1-4H3,(H,37,39)/b9-5-/t23-,26+,28-,31+,33+,35+/m1/s1. The van der Waals surface area contributed by atoms with Crippen LogP contribution < -0.4 is 14.4 Å². The largest absolute Gasteiger partial charge is 0.490 e. The van der Waals surface area contributed by atoms with Crippen LogP contribution in [0.1, 0.15) is 74.4 Å². The van der Waals surface area contributed by atoms with Gasteiger partial charge in [0, 0.05) is 41.5 Å². The summed E-state index contributed by atoms with van der Waals surface area (Å²) in [6, 6.07) is 12.4. The van der Waals surface area contributed by atoms with Crippen LogP contribution in [0.15, 0.2) is 48.6 Å². The lowest BCUT2D eigenvalue weighted by atomic mass is 9.68. The maximum absolute atomic E-state index is 13.5. The molecule has 0 aromatic heterocycles. The first-order chi connectivity index (χ1) is 20.3. The number of carbonyl (C=O) groups is 1. The maximum atomic E-state index is 13.5. The van der Waals surface area contributed by atoms with E-state index in [1.807, 2.05) is 25.3 Å². The van der Waals surface area contributed by atoms with Crippen LogP contribution in [0.4, 0.5) is 5.69 Å². The number of aryl methyl sites for hydroxylation is 1. The van der Waals surface area contributed by atoms with Gasteiger partial charge >= 0.3 is 0 Å². The molecule has 6 rings (SSSR count). The number of nitrogens with one attached hydrogen (secondary N) is 1. The monoisotopic (exact) mass is 608 g/mol. The average molecular weight is 609 g/mol. The van der Waals surface area contributed by atoms with Crippen molar-refractivity contribution in [2.24, 2.45) is 23.7 Å². The van der Waals surface area contributed by atoms with E-state index >= 15 is 0 Å². The number of amides is 1. The second kappa shape index (κ2) is 12.5. The van der Waals surface area contributed by atoms with Crippen molar-refractivity contribution in [1.82, 2.24) is 4.72 Å². The van der Waals surface area contributed by atoms with E-state index in [2.05, 4.69) is 60.7 Å². The molecule has 2 aromatic carbocycles. The third kappa shape index (κ3) is 5.84. The second-order valence-electron chi connectivity index (χ2n) is 13.4. The first-order valence-electron chi connectivity index (χ1n) is 15.7. The molecule has 226 valence electrons. The summed E-state index contributed by atoms with van der Waals surface area (Å²) in [5.74, 6) is 2.68. The van der Waals surface area contributed by atoms with Gasteiger partial charge in [0.15, 0.2) is 0 Å². The van der Waals surface area contributed by atoms with Crippen LogP contribution in [0.3, 0.4) is 0 Å².